The van der Waals surface area contributed by atoms with E-state index in [1.807, 2.05) is 43.5 Å². The molecule has 1 aromatic carbocycles. The van der Waals surface area contributed by atoms with Crippen LogP contribution in [0.5, 0.6) is 0 Å². The molecule has 0 fully saturated rings. The minimum absolute atomic E-state index is 0.414. The van der Waals surface area contributed by atoms with Gasteiger partial charge in [0.25, 0.3) is 0 Å². The van der Waals surface area contributed by atoms with Gasteiger partial charge in [-0.3, -0.25) is 0 Å². The molecule has 3 nitrogen and oxygen atoms in total. The number of nitrogens with zero attached hydrogens (tertiary/aromatic N) is 2. The van der Waals surface area contributed by atoms with E-state index in [-0.39, 0.29) is 0 Å². The smallest absolute Gasteiger partial charge is 0.0818 e. The third-order valence-corrected chi connectivity index (χ3v) is 2.39. The van der Waals surface area contributed by atoms with Crippen molar-refractivity contribution in [3.63, 3.8) is 0 Å². The van der Waals surface area contributed by atoms with Crippen molar-refractivity contribution in [1.29, 1.82) is 0 Å². The van der Waals surface area contributed by atoms with Crippen LogP contribution < -0.4 is 0 Å². The first kappa shape index (κ1) is 9.93. The highest BCUT2D eigenvalue weighted by Crippen LogP contribution is 2.16. The van der Waals surface area contributed by atoms with Gasteiger partial charge in [-0.25, -0.2) is 4.68 Å². The SMILES string of the molecule is CC[C@H](O)c1cnn(-c2ccccc2)c1. The van der Waals surface area contributed by atoms with Crippen LogP contribution in [0.25, 0.3) is 5.69 Å². The van der Waals surface area contributed by atoms with Gasteiger partial charge in [0.1, 0.15) is 0 Å². The fraction of sp³-hybridized carbons (Fsp3) is 0.250. The maximum absolute atomic E-state index is 9.64. The van der Waals surface area contributed by atoms with Crippen molar-refractivity contribution in [2.45, 2.75) is 19.4 Å². The summed E-state index contributed by atoms with van der Waals surface area (Å²) in [5, 5.41) is 13.8. The lowest BCUT2D eigenvalue weighted by Crippen LogP contribution is -1.94. The highest BCUT2D eigenvalue weighted by Gasteiger charge is 2.07. The Morgan fingerprint density at radius 1 is 1.33 bits per heavy atom. The number of aromatic nitrogens is 2. The third-order valence-electron chi connectivity index (χ3n) is 2.39. The second-order valence-electron chi connectivity index (χ2n) is 3.48. The van der Waals surface area contributed by atoms with Gasteiger partial charge < -0.3 is 5.11 Å². The summed E-state index contributed by atoms with van der Waals surface area (Å²) in [4.78, 5) is 0. The minimum atomic E-state index is -0.414. The van der Waals surface area contributed by atoms with Crippen molar-refractivity contribution in [3.05, 3.63) is 48.3 Å². The molecule has 3 heteroatoms. The molecular weight excluding hydrogens is 188 g/mol. The lowest BCUT2D eigenvalue weighted by atomic mass is 10.2. The molecule has 2 aromatic rings. The predicted octanol–water partition coefficient (Wildman–Crippen LogP) is 2.32. The number of para-hydroxylation sites is 1. The van der Waals surface area contributed by atoms with Crippen molar-refractivity contribution in [2.75, 3.05) is 0 Å². The van der Waals surface area contributed by atoms with Crippen LogP contribution in [-0.4, -0.2) is 14.9 Å². The molecule has 1 heterocycles. The summed E-state index contributed by atoms with van der Waals surface area (Å²) in [7, 11) is 0. The zero-order chi connectivity index (χ0) is 10.7. The summed E-state index contributed by atoms with van der Waals surface area (Å²) in [6.07, 6.45) is 3.87. The number of hydrogen-bond donors (Lipinski definition) is 1. The Bertz CT molecular complexity index is 422. The lowest BCUT2D eigenvalue weighted by Gasteiger charge is -2.03. The quantitative estimate of drug-likeness (QED) is 0.829. The average molecular weight is 202 g/mol. The van der Waals surface area contributed by atoms with Crippen molar-refractivity contribution in [3.8, 4) is 5.69 Å². The van der Waals surface area contributed by atoms with E-state index in [1.54, 1.807) is 10.9 Å². The van der Waals surface area contributed by atoms with Gasteiger partial charge in [-0.1, -0.05) is 25.1 Å². The molecule has 1 N–H and O–H groups in total. The van der Waals surface area contributed by atoms with Crippen LogP contribution in [0.15, 0.2) is 42.7 Å². The van der Waals surface area contributed by atoms with Crippen molar-refractivity contribution in [2.24, 2.45) is 0 Å². The van der Waals surface area contributed by atoms with E-state index in [0.717, 1.165) is 11.3 Å². The number of benzene rings is 1. The van der Waals surface area contributed by atoms with Crippen LogP contribution in [0.1, 0.15) is 25.0 Å². The molecule has 0 aliphatic heterocycles. The Morgan fingerprint density at radius 2 is 2.07 bits per heavy atom. The molecule has 0 bridgehead atoms. The molecule has 1 aromatic heterocycles. The Morgan fingerprint density at radius 3 is 2.73 bits per heavy atom. The van der Waals surface area contributed by atoms with Gasteiger partial charge in [0.15, 0.2) is 0 Å². The molecule has 0 unspecified atom stereocenters. The van der Waals surface area contributed by atoms with Crippen LogP contribution in [0.4, 0.5) is 0 Å². The fourth-order valence-corrected chi connectivity index (χ4v) is 1.47. The molecule has 1 atom stereocenters. The number of hydrogen-bond acceptors (Lipinski definition) is 2. The van der Waals surface area contributed by atoms with E-state index in [4.69, 9.17) is 0 Å². The largest absolute Gasteiger partial charge is 0.388 e. The van der Waals surface area contributed by atoms with Gasteiger partial charge in [0.2, 0.25) is 0 Å². The van der Waals surface area contributed by atoms with E-state index < -0.39 is 6.10 Å². The topological polar surface area (TPSA) is 38.1 Å². The Hall–Kier alpha value is -1.61. The van der Waals surface area contributed by atoms with Gasteiger partial charge in [-0.05, 0) is 18.6 Å². The van der Waals surface area contributed by atoms with Crippen molar-refractivity contribution < 1.29 is 5.11 Å². The molecule has 0 amide bonds. The second-order valence-corrected chi connectivity index (χ2v) is 3.48. The van der Waals surface area contributed by atoms with Gasteiger partial charge in [0.05, 0.1) is 18.0 Å². The summed E-state index contributed by atoms with van der Waals surface area (Å²) in [6.45, 7) is 1.95. The van der Waals surface area contributed by atoms with Gasteiger partial charge in [-0.2, -0.15) is 5.10 Å². The summed E-state index contributed by atoms with van der Waals surface area (Å²) < 4.78 is 1.77. The van der Waals surface area contributed by atoms with E-state index in [2.05, 4.69) is 5.10 Å². The first-order chi connectivity index (χ1) is 7.31. The highest BCUT2D eigenvalue weighted by molar-refractivity contribution is 5.31. The summed E-state index contributed by atoms with van der Waals surface area (Å²) in [5.74, 6) is 0. The molecule has 0 radical (unpaired) electrons. The van der Waals surface area contributed by atoms with Gasteiger partial charge >= 0.3 is 0 Å². The Kier molecular flexibility index (Phi) is 2.83. The van der Waals surface area contributed by atoms with E-state index in [0.29, 0.717) is 6.42 Å². The molecule has 2 rings (SSSR count). The summed E-state index contributed by atoms with van der Waals surface area (Å²) >= 11 is 0. The fourth-order valence-electron chi connectivity index (χ4n) is 1.47. The Labute approximate surface area is 89.0 Å². The lowest BCUT2D eigenvalue weighted by molar-refractivity contribution is 0.173. The molecule has 0 aliphatic rings. The molecule has 15 heavy (non-hydrogen) atoms. The third kappa shape index (κ3) is 2.07. The van der Waals surface area contributed by atoms with Crippen LogP contribution in [0.2, 0.25) is 0 Å². The second kappa shape index (κ2) is 4.28. The van der Waals surface area contributed by atoms with Crippen LogP contribution in [0.3, 0.4) is 0 Å². The first-order valence-corrected chi connectivity index (χ1v) is 5.09. The van der Waals surface area contributed by atoms with E-state index >= 15 is 0 Å². The maximum atomic E-state index is 9.64. The van der Waals surface area contributed by atoms with E-state index in [9.17, 15) is 5.11 Å². The highest BCUT2D eigenvalue weighted by atomic mass is 16.3. The molecule has 0 spiro atoms. The zero-order valence-corrected chi connectivity index (χ0v) is 8.67. The molecule has 0 saturated heterocycles. The Balaban J connectivity index is 2.28. The summed E-state index contributed by atoms with van der Waals surface area (Å²) in [5.41, 5.74) is 1.87. The number of aliphatic hydroxyl groups is 1. The zero-order valence-electron chi connectivity index (χ0n) is 8.67. The van der Waals surface area contributed by atoms with Crippen LogP contribution >= 0.6 is 0 Å². The average Bonchev–Trinajstić information content (AvgIpc) is 2.78. The number of aliphatic hydroxyl groups excluding tert-OH is 1. The normalized spacial score (nSPS) is 12.7. The molecule has 0 aliphatic carbocycles. The van der Waals surface area contributed by atoms with E-state index in [1.165, 1.54) is 0 Å². The standard InChI is InChI=1S/C12H14N2O/c1-2-12(15)10-8-13-14(9-10)11-6-4-3-5-7-11/h3-9,12,15H,2H2,1H3/t12-/m0/s1. The van der Waals surface area contributed by atoms with Gasteiger partial charge in [-0.15, -0.1) is 0 Å². The van der Waals surface area contributed by atoms with Crippen LogP contribution in [-0.2, 0) is 0 Å². The molecule has 0 saturated carbocycles. The predicted molar refractivity (Wildman–Crippen MR) is 58.8 cm³/mol. The molecule has 78 valence electrons. The van der Waals surface area contributed by atoms with Crippen molar-refractivity contribution in [1.82, 2.24) is 9.78 Å². The summed E-state index contributed by atoms with van der Waals surface area (Å²) in [6, 6.07) is 9.86. The monoisotopic (exact) mass is 202 g/mol. The van der Waals surface area contributed by atoms with Gasteiger partial charge in [0, 0.05) is 11.8 Å². The number of rotatable bonds is 3. The minimum Gasteiger partial charge on any atom is -0.388 e. The first-order valence-electron chi connectivity index (χ1n) is 5.09. The van der Waals surface area contributed by atoms with Crippen molar-refractivity contribution >= 4 is 0 Å². The van der Waals surface area contributed by atoms with Crippen LogP contribution in [0, 0.1) is 0 Å². The maximum Gasteiger partial charge on any atom is 0.0818 e. The molecular formula is C12H14N2O.